The predicted octanol–water partition coefficient (Wildman–Crippen LogP) is 3.69. The van der Waals surface area contributed by atoms with E-state index in [9.17, 15) is 4.79 Å². The second kappa shape index (κ2) is 9.27. The molecule has 0 aliphatic carbocycles. The maximum atomic E-state index is 12.6. The van der Waals surface area contributed by atoms with Crippen molar-refractivity contribution in [3.8, 4) is 5.88 Å². The molecule has 0 radical (unpaired) electrons. The van der Waals surface area contributed by atoms with Gasteiger partial charge in [0.15, 0.2) is 0 Å². The number of carbonyl (C=O) groups excluding carboxylic acids is 1. The lowest BCUT2D eigenvalue weighted by atomic mass is 9.89. The van der Waals surface area contributed by atoms with Gasteiger partial charge in [-0.15, -0.1) is 0 Å². The first-order chi connectivity index (χ1) is 14.9. The normalized spacial score (nSPS) is 17.7. The number of aromatic nitrogens is 1. The average Bonchev–Trinajstić information content (AvgIpc) is 2.77. The number of benzene rings is 1. The van der Waals surface area contributed by atoms with Crippen molar-refractivity contribution in [3.05, 3.63) is 53.7 Å². The van der Waals surface area contributed by atoms with Crippen molar-refractivity contribution < 1.29 is 9.53 Å². The summed E-state index contributed by atoms with van der Waals surface area (Å²) in [5.41, 5.74) is 2.69. The standard InChI is InChI=1S/C25H34N4O2/c1-25(2,3)27-23(30)21-17-22-24(26-18-21)31-16-15-29(22)14-13-28-11-9-20(10-12-28)19-7-5-4-6-8-19/h4-8,17-18,20H,9-16H2,1-3H3,(H,27,30). The Morgan fingerprint density at radius 1 is 1.13 bits per heavy atom. The molecule has 1 N–H and O–H groups in total. The fourth-order valence-corrected chi connectivity index (χ4v) is 4.40. The van der Waals surface area contributed by atoms with Crippen molar-refractivity contribution in [2.45, 2.75) is 45.1 Å². The van der Waals surface area contributed by atoms with E-state index in [1.807, 2.05) is 26.8 Å². The van der Waals surface area contributed by atoms with Gasteiger partial charge in [0.05, 0.1) is 12.1 Å². The molecular formula is C25H34N4O2. The number of piperidine rings is 1. The third-order valence-electron chi connectivity index (χ3n) is 6.07. The van der Waals surface area contributed by atoms with Gasteiger partial charge in [0.25, 0.3) is 5.91 Å². The summed E-state index contributed by atoms with van der Waals surface area (Å²) >= 11 is 0. The highest BCUT2D eigenvalue weighted by molar-refractivity contribution is 5.95. The summed E-state index contributed by atoms with van der Waals surface area (Å²) in [5.74, 6) is 1.20. The molecule has 2 aliphatic rings. The van der Waals surface area contributed by atoms with Crippen molar-refractivity contribution in [1.29, 1.82) is 0 Å². The van der Waals surface area contributed by atoms with E-state index in [1.165, 1.54) is 18.4 Å². The maximum absolute atomic E-state index is 12.6. The molecule has 1 fully saturated rings. The van der Waals surface area contributed by atoms with Crippen LogP contribution in [0.2, 0.25) is 0 Å². The van der Waals surface area contributed by atoms with Crippen molar-refractivity contribution in [2.24, 2.45) is 0 Å². The van der Waals surface area contributed by atoms with Gasteiger partial charge in [-0.05, 0) is 64.3 Å². The number of anilines is 1. The fourth-order valence-electron chi connectivity index (χ4n) is 4.40. The van der Waals surface area contributed by atoms with Gasteiger partial charge < -0.3 is 19.9 Å². The minimum absolute atomic E-state index is 0.101. The van der Waals surface area contributed by atoms with E-state index in [2.05, 4.69) is 50.4 Å². The van der Waals surface area contributed by atoms with Crippen molar-refractivity contribution in [2.75, 3.05) is 44.2 Å². The number of pyridine rings is 1. The zero-order chi connectivity index (χ0) is 21.8. The monoisotopic (exact) mass is 422 g/mol. The Morgan fingerprint density at radius 3 is 2.58 bits per heavy atom. The van der Waals surface area contributed by atoms with Crippen molar-refractivity contribution in [1.82, 2.24) is 15.2 Å². The Kier molecular flexibility index (Phi) is 6.46. The van der Waals surface area contributed by atoms with Crippen LogP contribution in [0.15, 0.2) is 42.6 Å². The van der Waals surface area contributed by atoms with Gasteiger partial charge >= 0.3 is 0 Å². The molecular weight excluding hydrogens is 388 g/mol. The van der Waals surface area contributed by atoms with E-state index in [1.54, 1.807) is 6.20 Å². The molecule has 31 heavy (non-hydrogen) atoms. The fraction of sp³-hybridized carbons (Fsp3) is 0.520. The highest BCUT2D eigenvalue weighted by Gasteiger charge is 2.25. The van der Waals surface area contributed by atoms with Crippen LogP contribution in [0.3, 0.4) is 0 Å². The highest BCUT2D eigenvalue weighted by atomic mass is 16.5. The summed E-state index contributed by atoms with van der Waals surface area (Å²) in [6.45, 7) is 11.6. The summed E-state index contributed by atoms with van der Waals surface area (Å²) in [6, 6.07) is 12.8. The smallest absolute Gasteiger partial charge is 0.253 e. The van der Waals surface area contributed by atoms with Crippen molar-refractivity contribution in [3.63, 3.8) is 0 Å². The number of hydrogen-bond donors (Lipinski definition) is 1. The zero-order valence-electron chi connectivity index (χ0n) is 18.9. The lowest BCUT2D eigenvalue weighted by Gasteiger charge is -2.36. The predicted molar refractivity (Wildman–Crippen MR) is 124 cm³/mol. The van der Waals surface area contributed by atoms with Crippen LogP contribution in [0.25, 0.3) is 0 Å². The van der Waals surface area contributed by atoms with E-state index in [0.29, 0.717) is 24.0 Å². The zero-order valence-corrected chi connectivity index (χ0v) is 18.9. The minimum Gasteiger partial charge on any atom is -0.474 e. The molecule has 2 aliphatic heterocycles. The second-order valence-corrected chi connectivity index (χ2v) is 9.61. The molecule has 4 rings (SSSR count). The van der Waals surface area contributed by atoms with E-state index in [-0.39, 0.29) is 11.4 Å². The summed E-state index contributed by atoms with van der Waals surface area (Å²) in [5, 5.41) is 3.01. The Bertz CT molecular complexity index is 886. The van der Waals surface area contributed by atoms with Crippen LogP contribution in [0, 0.1) is 0 Å². The van der Waals surface area contributed by atoms with Gasteiger partial charge in [-0.3, -0.25) is 4.79 Å². The summed E-state index contributed by atoms with van der Waals surface area (Å²) in [6.07, 6.45) is 4.03. The largest absolute Gasteiger partial charge is 0.474 e. The molecule has 0 atom stereocenters. The van der Waals surface area contributed by atoms with E-state index < -0.39 is 0 Å². The molecule has 0 spiro atoms. The van der Waals surface area contributed by atoms with Crippen LogP contribution in [0.1, 0.15) is 55.5 Å². The van der Waals surface area contributed by atoms with Crippen molar-refractivity contribution >= 4 is 11.6 Å². The molecule has 1 saturated heterocycles. The number of fused-ring (bicyclic) bond motifs is 1. The molecule has 0 saturated carbocycles. The highest BCUT2D eigenvalue weighted by Crippen LogP contribution is 2.31. The molecule has 2 aromatic rings. The van der Waals surface area contributed by atoms with Crippen LogP contribution in [0.5, 0.6) is 5.88 Å². The van der Waals surface area contributed by atoms with Crippen LogP contribution in [-0.2, 0) is 0 Å². The van der Waals surface area contributed by atoms with Crippen LogP contribution in [0.4, 0.5) is 5.69 Å². The third-order valence-corrected chi connectivity index (χ3v) is 6.07. The van der Waals surface area contributed by atoms with Gasteiger partial charge in [0.1, 0.15) is 12.3 Å². The van der Waals surface area contributed by atoms with Gasteiger partial charge in [0, 0.05) is 24.8 Å². The molecule has 6 heteroatoms. The molecule has 166 valence electrons. The summed E-state index contributed by atoms with van der Waals surface area (Å²) in [4.78, 5) is 21.9. The molecule has 1 aromatic carbocycles. The number of hydrogen-bond acceptors (Lipinski definition) is 5. The van der Waals surface area contributed by atoms with Gasteiger partial charge in [-0.1, -0.05) is 30.3 Å². The molecule has 1 aromatic heterocycles. The van der Waals surface area contributed by atoms with Crippen LogP contribution in [-0.4, -0.2) is 60.7 Å². The third kappa shape index (κ3) is 5.56. The van der Waals surface area contributed by atoms with Gasteiger partial charge in [-0.2, -0.15) is 0 Å². The van der Waals surface area contributed by atoms with E-state index in [4.69, 9.17) is 4.74 Å². The Hall–Kier alpha value is -2.60. The average molecular weight is 423 g/mol. The SMILES string of the molecule is CC(C)(C)NC(=O)c1cnc2c(c1)N(CCN1CCC(c3ccccc3)CC1)CCO2. The number of nitrogens with one attached hydrogen (secondary N) is 1. The molecule has 0 bridgehead atoms. The first-order valence-electron chi connectivity index (χ1n) is 11.4. The minimum atomic E-state index is -0.283. The number of nitrogens with zero attached hydrogens (tertiary/aromatic N) is 3. The van der Waals surface area contributed by atoms with Crippen LogP contribution >= 0.6 is 0 Å². The number of amides is 1. The van der Waals surface area contributed by atoms with Gasteiger partial charge in [0.2, 0.25) is 5.88 Å². The second-order valence-electron chi connectivity index (χ2n) is 9.61. The Morgan fingerprint density at radius 2 is 1.87 bits per heavy atom. The van der Waals surface area contributed by atoms with E-state index in [0.717, 1.165) is 38.4 Å². The number of likely N-dealkylation sites (tertiary alicyclic amines) is 1. The molecule has 0 unspecified atom stereocenters. The first-order valence-corrected chi connectivity index (χ1v) is 11.4. The molecule has 1 amide bonds. The number of carbonyl (C=O) groups is 1. The quantitative estimate of drug-likeness (QED) is 0.796. The first kappa shape index (κ1) is 21.6. The lowest BCUT2D eigenvalue weighted by molar-refractivity contribution is 0.0919. The molecule has 3 heterocycles. The lowest BCUT2D eigenvalue weighted by Crippen LogP contribution is -2.42. The molecule has 6 nitrogen and oxygen atoms in total. The topological polar surface area (TPSA) is 57.7 Å². The maximum Gasteiger partial charge on any atom is 0.253 e. The Labute approximate surface area is 185 Å². The van der Waals surface area contributed by atoms with E-state index >= 15 is 0 Å². The number of ether oxygens (including phenoxy) is 1. The van der Waals surface area contributed by atoms with Gasteiger partial charge in [-0.25, -0.2) is 4.98 Å². The summed E-state index contributed by atoms with van der Waals surface area (Å²) in [7, 11) is 0. The van der Waals surface area contributed by atoms with Crippen LogP contribution < -0.4 is 15.0 Å². The summed E-state index contributed by atoms with van der Waals surface area (Å²) < 4.78 is 5.75. The Balaban J connectivity index is 1.35. The number of rotatable bonds is 5.